The van der Waals surface area contributed by atoms with Crippen molar-refractivity contribution in [2.24, 2.45) is 5.92 Å². The molecule has 0 radical (unpaired) electrons. The Balaban J connectivity index is 2.47. The van der Waals surface area contributed by atoms with Crippen LogP contribution >= 0.6 is 0 Å². The molecule has 18 heavy (non-hydrogen) atoms. The van der Waals surface area contributed by atoms with Crippen molar-refractivity contribution in [1.82, 2.24) is 10.2 Å². The second-order valence-corrected chi connectivity index (χ2v) is 5.55. The lowest BCUT2D eigenvalue weighted by molar-refractivity contribution is -0.158. The summed E-state index contributed by atoms with van der Waals surface area (Å²) in [7, 11) is 0. The summed E-state index contributed by atoms with van der Waals surface area (Å²) in [6.07, 6.45) is -1.36. The molecule has 5 heteroatoms. The van der Waals surface area contributed by atoms with Crippen molar-refractivity contribution in [2.45, 2.75) is 58.3 Å². The van der Waals surface area contributed by atoms with E-state index in [1.54, 1.807) is 4.90 Å². The molecule has 2 nitrogen and oxygen atoms in total. The van der Waals surface area contributed by atoms with Crippen molar-refractivity contribution in [3.8, 4) is 0 Å². The van der Waals surface area contributed by atoms with Crippen LogP contribution in [0.25, 0.3) is 0 Å². The van der Waals surface area contributed by atoms with Gasteiger partial charge in [0, 0.05) is 12.1 Å². The van der Waals surface area contributed by atoms with Crippen molar-refractivity contribution < 1.29 is 13.2 Å². The Hall–Kier alpha value is -0.290. The van der Waals surface area contributed by atoms with Crippen LogP contribution in [0.3, 0.4) is 0 Å². The molecule has 0 aliphatic heterocycles. The molecule has 0 saturated heterocycles. The van der Waals surface area contributed by atoms with Gasteiger partial charge in [0.25, 0.3) is 0 Å². The average Bonchev–Trinajstić information content (AvgIpc) is 2.13. The predicted molar refractivity (Wildman–Crippen MR) is 67.6 cm³/mol. The minimum absolute atomic E-state index is 0.109. The first-order valence-corrected chi connectivity index (χ1v) is 6.87. The van der Waals surface area contributed by atoms with Gasteiger partial charge in [-0.05, 0) is 38.3 Å². The van der Waals surface area contributed by atoms with Crippen molar-refractivity contribution in [2.75, 3.05) is 19.6 Å². The number of rotatable bonds is 7. The molecule has 1 aliphatic carbocycles. The Morgan fingerprint density at radius 1 is 1.28 bits per heavy atom. The quantitative estimate of drug-likeness (QED) is 0.762. The third-order valence-corrected chi connectivity index (χ3v) is 3.53. The summed E-state index contributed by atoms with van der Waals surface area (Å²) in [5.41, 5.74) is 0. The van der Waals surface area contributed by atoms with Crippen molar-refractivity contribution >= 4 is 0 Å². The molecule has 1 aliphatic rings. The summed E-state index contributed by atoms with van der Waals surface area (Å²) < 4.78 is 37.6. The molecule has 0 spiro atoms. The fourth-order valence-corrected chi connectivity index (χ4v) is 2.54. The van der Waals surface area contributed by atoms with E-state index >= 15 is 0 Å². The van der Waals surface area contributed by atoms with E-state index in [9.17, 15) is 13.2 Å². The van der Waals surface area contributed by atoms with Crippen LogP contribution < -0.4 is 5.32 Å². The van der Waals surface area contributed by atoms with Gasteiger partial charge in [0.15, 0.2) is 0 Å². The topological polar surface area (TPSA) is 15.3 Å². The maximum Gasteiger partial charge on any atom is 0.401 e. The smallest absolute Gasteiger partial charge is 0.314 e. The molecule has 1 fully saturated rings. The predicted octanol–water partition coefficient (Wildman–Crippen LogP) is 3.04. The Morgan fingerprint density at radius 2 is 1.94 bits per heavy atom. The normalized spacial score (nSPS) is 24.7. The van der Waals surface area contributed by atoms with E-state index in [-0.39, 0.29) is 6.04 Å². The SMILES string of the molecule is CCCN(CC(F)(F)F)C1CCC1CNC(C)C. The zero-order valence-corrected chi connectivity index (χ0v) is 11.6. The number of hydrogen-bond acceptors (Lipinski definition) is 2. The van der Waals surface area contributed by atoms with E-state index in [2.05, 4.69) is 19.2 Å². The largest absolute Gasteiger partial charge is 0.401 e. The van der Waals surface area contributed by atoms with Crippen LogP contribution in [-0.4, -0.2) is 42.8 Å². The fourth-order valence-electron chi connectivity index (χ4n) is 2.54. The molecule has 0 aromatic rings. The highest BCUT2D eigenvalue weighted by Gasteiger charge is 2.40. The Labute approximate surface area is 108 Å². The van der Waals surface area contributed by atoms with Gasteiger partial charge in [0.2, 0.25) is 0 Å². The minimum Gasteiger partial charge on any atom is -0.314 e. The van der Waals surface area contributed by atoms with Crippen LogP contribution in [0.2, 0.25) is 0 Å². The summed E-state index contributed by atoms with van der Waals surface area (Å²) in [5, 5.41) is 3.33. The van der Waals surface area contributed by atoms with E-state index < -0.39 is 12.7 Å². The van der Waals surface area contributed by atoms with Gasteiger partial charge >= 0.3 is 6.18 Å². The third-order valence-electron chi connectivity index (χ3n) is 3.53. The van der Waals surface area contributed by atoms with Gasteiger partial charge in [0.1, 0.15) is 0 Å². The highest BCUT2D eigenvalue weighted by molar-refractivity contribution is 4.91. The van der Waals surface area contributed by atoms with Gasteiger partial charge in [-0.1, -0.05) is 20.8 Å². The first kappa shape index (κ1) is 15.8. The lowest BCUT2D eigenvalue weighted by Gasteiger charge is -2.45. The minimum atomic E-state index is -4.08. The molecule has 1 rings (SSSR count). The molecule has 1 saturated carbocycles. The number of nitrogens with zero attached hydrogens (tertiary/aromatic N) is 1. The molecule has 0 amide bonds. The van der Waals surface area contributed by atoms with Crippen molar-refractivity contribution in [3.05, 3.63) is 0 Å². The molecule has 0 aromatic heterocycles. The average molecular weight is 266 g/mol. The molecule has 0 heterocycles. The van der Waals surface area contributed by atoms with Gasteiger partial charge in [-0.15, -0.1) is 0 Å². The van der Waals surface area contributed by atoms with Gasteiger partial charge < -0.3 is 5.32 Å². The highest BCUT2D eigenvalue weighted by Crippen LogP contribution is 2.33. The van der Waals surface area contributed by atoms with Gasteiger partial charge in [0.05, 0.1) is 6.54 Å². The van der Waals surface area contributed by atoms with Crippen LogP contribution in [0.4, 0.5) is 13.2 Å². The Morgan fingerprint density at radius 3 is 2.33 bits per heavy atom. The second kappa shape index (κ2) is 6.75. The number of nitrogens with one attached hydrogen (secondary N) is 1. The number of halogens is 3. The van der Waals surface area contributed by atoms with Crippen molar-refractivity contribution in [1.29, 1.82) is 0 Å². The first-order valence-electron chi connectivity index (χ1n) is 6.87. The van der Waals surface area contributed by atoms with Gasteiger partial charge in [-0.3, -0.25) is 4.90 Å². The standard InChI is InChI=1S/C13H25F3N2/c1-4-7-18(9-13(14,15)16)12-6-5-11(12)8-17-10(2)3/h10-12,17H,4-9H2,1-3H3. The van der Waals surface area contributed by atoms with Crippen molar-refractivity contribution in [3.63, 3.8) is 0 Å². The molecule has 108 valence electrons. The molecular formula is C13H25F3N2. The lowest BCUT2D eigenvalue weighted by atomic mass is 9.78. The molecule has 1 N–H and O–H groups in total. The maximum absolute atomic E-state index is 12.5. The molecule has 2 atom stereocenters. The van der Waals surface area contributed by atoms with Crippen LogP contribution in [-0.2, 0) is 0 Å². The molecule has 0 aromatic carbocycles. The monoisotopic (exact) mass is 266 g/mol. The summed E-state index contributed by atoms with van der Waals surface area (Å²) in [5.74, 6) is 0.376. The summed E-state index contributed by atoms with van der Waals surface area (Å²) in [6, 6.07) is 0.506. The lowest BCUT2D eigenvalue weighted by Crippen LogP contribution is -2.53. The second-order valence-electron chi connectivity index (χ2n) is 5.55. The van der Waals surface area contributed by atoms with Crippen LogP contribution in [0.15, 0.2) is 0 Å². The summed E-state index contributed by atoms with van der Waals surface area (Å²) in [4.78, 5) is 1.62. The van der Waals surface area contributed by atoms with Crippen LogP contribution in [0.5, 0.6) is 0 Å². The molecule has 0 bridgehead atoms. The van der Waals surface area contributed by atoms with Gasteiger partial charge in [-0.2, -0.15) is 13.2 Å². The van der Waals surface area contributed by atoms with Gasteiger partial charge in [-0.25, -0.2) is 0 Å². The zero-order valence-electron chi connectivity index (χ0n) is 11.6. The number of alkyl halides is 3. The van der Waals surface area contributed by atoms with E-state index in [1.165, 1.54) is 0 Å². The first-order chi connectivity index (χ1) is 8.33. The third kappa shape index (κ3) is 5.14. The summed E-state index contributed by atoms with van der Waals surface area (Å²) in [6.45, 7) is 6.68. The Bertz CT molecular complexity index is 241. The fraction of sp³-hybridized carbons (Fsp3) is 1.00. The maximum atomic E-state index is 12.5. The van der Waals surface area contributed by atoms with E-state index in [1.807, 2.05) is 6.92 Å². The Kier molecular flexibility index (Phi) is 5.92. The van der Waals surface area contributed by atoms with E-state index in [0.29, 0.717) is 18.5 Å². The summed E-state index contributed by atoms with van der Waals surface area (Å²) >= 11 is 0. The number of hydrogen-bond donors (Lipinski definition) is 1. The van der Waals surface area contributed by atoms with Crippen LogP contribution in [0, 0.1) is 5.92 Å². The highest BCUT2D eigenvalue weighted by atomic mass is 19.4. The van der Waals surface area contributed by atoms with E-state index in [0.717, 1.165) is 25.8 Å². The molecule has 2 unspecified atom stereocenters. The zero-order chi connectivity index (χ0) is 13.8. The van der Waals surface area contributed by atoms with Crippen LogP contribution in [0.1, 0.15) is 40.0 Å². The van der Waals surface area contributed by atoms with E-state index in [4.69, 9.17) is 0 Å². The molecular weight excluding hydrogens is 241 g/mol.